The third kappa shape index (κ3) is 4.92. The third-order valence-corrected chi connectivity index (χ3v) is 5.04. The van der Waals surface area contributed by atoms with E-state index >= 15 is 0 Å². The van der Waals surface area contributed by atoms with Crippen LogP contribution in [0.4, 0.5) is 15.9 Å². The highest BCUT2D eigenvalue weighted by Gasteiger charge is 2.21. The fraction of sp³-hybridized carbons (Fsp3) is 0.389. The summed E-state index contributed by atoms with van der Waals surface area (Å²) in [7, 11) is 0. The summed E-state index contributed by atoms with van der Waals surface area (Å²) in [5.41, 5.74) is 0.580. The number of benzene rings is 1. The molecule has 1 fully saturated rings. The molecule has 1 aliphatic rings. The zero-order valence-corrected chi connectivity index (χ0v) is 14.9. The van der Waals surface area contributed by atoms with Crippen LogP contribution < -0.4 is 10.2 Å². The van der Waals surface area contributed by atoms with E-state index in [0.717, 1.165) is 30.4 Å². The molecule has 1 atom stereocenters. The van der Waals surface area contributed by atoms with Crippen molar-refractivity contribution in [2.24, 2.45) is 5.92 Å². The summed E-state index contributed by atoms with van der Waals surface area (Å²) in [6.07, 6.45) is 5.72. The molecule has 7 heteroatoms. The van der Waals surface area contributed by atoms with Crippen molar-refractivity contribution in [3.05, 3.63) is 42.5 Å². The van der Waals surface area contributed by atoms with Crippen LogP contribution in [0.3, 0.4) is 0 Å². The highest BCUT2D eigenvalue weighted by atomic mass is 32.2. The van der Waals surface area contributed by atoms with E-state index in [1.54, 1.807) is 24.5 Å². The maximum atomic E-state index is 12.9. The number of nitrogens with one attached hydrogen (secondary N) is 1. The fourth-order valence-corrected chi connectivity index (χ4v) is 3.67. The Kier molecular flexibility index (Phi) is 5.86. The number of hydrogen-bond acceptors (Lipinski definition) is 5. The molecular weight excluding hydrogens is 339 g/mol. The van der Waals surface area contributed by atoms with Gasteiger partial charge in [-0.05, 0) is 43.0 Å². The molecule has 25 heavy (non-hydrogen) atoms. The number of carbonyl (C=O) groups excluding carboxylic acids is 1. The van der Waals surface area contributed by atoms with Gasteiger partial charge in [0.1, 0.15) is 10.8 Å². The highest BCUT2D eigenvalue weighted by molar-refractivity contribution is 8.00. The quantitative estimate of drug-likeness (QED) is 0.826. The molecule has 0 spiro atoms. The van der Waals surface area contributed by atoms with Crippen molar-refractivity contribution >= 4 is 29.2 Å². The lowest BCUT2D eigenvalue weighted by Gasteiger charge is -2.32. The van der Waals surface area contributed by atoms with Crippen molar-refractivity contribution in [1.82, 2.24) is 9.97 Å². The molecule has 0 bridgehead atoms. The van der Waals surface area contributed by atoms with E-state index in [2.05, 4.69) is 27.1 Å². The smallest absolute Gasteiger partial charge is 0.234 e. The van der Waals surface area contributed by atoms with E-state index in [4.69, 9.17) is 0 Å². The highest BCUT2D eigenvalue weighted by Crippen LogP contribution is 2.29. The van der Waals surface area contributed by atoms with Crippen LogP contribution in [0, 0.1) is 11.7 Å². The van der Waals surface area contributed by atoms with E-state index in [1.807, 2.05) is 0 Å². The Hall–Kier alpha value is -2.15. The molecule has 0 radical (unpaired) electrons. The molecule has 2 heterocycles. The van der Waals surface area contributed by atoms with E-state index in [-0.39, 0.29) is 17.5 Å². The first-order chi connectivity index (χ1) is 12.1. The van der Waals surface area contributed by atoms with Gasteiger partial charge >= 0.3 is 0 Å². The monoisotopic (exact) mass is 360 g/mol. The van der Waals surface area contributed by atoms with Crippen molar-refractivity contribution in [3.8, 4) is 0 Å². The summed E-state index contributed by atoms with van der Waals surface area (Å²) in [4.78, 5) is 23.3. The lowest BCUT2D eigenvalue weighted by Crippen LogP contribution is -2.35. The van der Waals surface area contributed by atoms with Gasteiger partial charge in [0.25, 0.3) is 0 Å². The Morgan fingerprint density at radius 1 is 1.32 bits per heavy atom. The van der Waals surface area contributed by atoms with Gasteiger partial charge in [0.15, 0.2) is 5.82 Å². The van der Waals surface area contributed by atoms with E-state index in [9.17, 15) is 9.18 Å². The van der Waals surface area contributed by atoms with Crippen LogP contribution in [0.2, 0.25) is 0 Å². The van der Waals surface area contributed by atoms with Crippen LogP contribution in [-0.4, -0.2) is 34.7 Å². The third-order valence-electron chi connectivity index (χ3n) is 4.07. The standard InChI is InChI=1S/C18H21FN4OS/c1-13-3-2-10-23(11-13)17-18(21-9-8-20-17)25-12-16(24)22-15-6-4-14(19)5-7-15/h4-9,13H,2-3,10-12H2,1H3,(H,22,24). The molecule has 0 saturated carbocycles. The Balaban J connectivity index is 1.61. The van der Waals surface area contributed by atoms with Gasteiger partial charge in [-0.25, -0.2) is 14.4 Å². The van der Waals surface area contributed by atoms with Crippen LogP contribution in [0.1, 0.15) is 19.8 Å². The largest absolute Gasteiger partial charge is 0.354 e. The Bertz CT molecular complexity index is 725. The van der Waals surface area contributed by atoms with Crippen LogP contribution in [0.15, 0.2) is 41.7 Å². The Labute approximate surface area is 151 Å². The number of rotatable bonds is 5. The number of piperidine rings is 1. The van der Waals surface area contributed by atoms with Gasteiger partial charge in [-0.2, -0.15) is 0 Å². The van der Waals surface area contributed by atoms with Gasteiger partial charge in [-0.1, -0.05) is 18.7 Å². The number of hydrogen-bond donors (Lipinski definition) is 1. The summed E-state index contributed by atoms with van der Waals surface area (Å²) in [6.45, 7) is 4.18. The average Bonchev–Trinajstić information content (AvgIpc) is 2.62. The molecular formula is C18H21FN4OS. The maximum Gasteiger partial charge on any atom is 0.234 e. The predicted molar refractivity (Wildman–Crippen MR) is 98.4 cm³/mol. The van der Waals surface area contributed by atoms with Crippen molar-refractivity contribution in [2.45, 2.75) is 24.8 Å². The first-order valence-corrected chi connectivity index (χ1v) is 9.34. The Morgan fingerprint density at radius 2 is 2.08 bits per heavy atom. The van der Waals surface area contributed by atoms with Gasteiger partial charge in [-0.3, -0.25) is 4.79 Å². The topological polar surface area (TPSA) is 58.1 Å². The van der Waals surface area contributed by atoms with Gasteiger partial charge in [0.05, 0.1) is 5.75 Å². The summed E-state index contributed by atoms with van der Waals surface area (Å²) in [6, 6.07) is 5.73. The SMILES string of the molecule is CC1CCCN(c2nccnc2SCC(=O)Nc2ccc(F)cc2)C1. The molecule has 1 aliphatic heterocycles. The molecule has 1 aromatic carbocycles. The number of amides is 1. The van der Waals surface area contributed by atoms with Crippen molar-refractivity contribution in [2.75, 3.05) is 29.1 Å². The average molecular weight is 360 g/mol. The molecule has 1 amide bonds. The molecule has 1 aromatic heterocycles. The van der Waals surface area contributed by atoms with Gasteiger partial charge in [0, 0.05) is 31.2 Å². The van der Waals surface area contributed by atoms with Gasteiger partial charge < -0.3 is 10.2 Å². The van der Waals surface area contributed by atoms with Crippen molar-refractivity contribution in [1.29, 1.82) is 0 Å². The van der Waals surface area contributed by atoms with E-state index < -0.39 is 0 Å². The summed E-state index contributed by atoms with van der Waals surface area (Å²) >= 11 is 1.37. The number of thioether (sulfide) groups is 1. The minimum Gasteiger partial charge on any atom is -0.354 e. The number of anilines is 2. The van der Waals surface area contributed by atoms with Crippen LogP contribution in [0.25, 0.3) is 0 Å². The molecule has 132 valence electrons. The number of nitrogens with zero attached hydrogens (tertiary/aromatic N) is 3. The van der Waals surface area contributed by atoms with Gasteiger partial charge in [-0.15, -0.1) is 0 Å². The first kappa shape index (κ1) is 17.7. The molecule has 1 N–H and O–H groups in total. The van der Waals surface area contributed by atoms with Crippen molar-refractivity contribution in [3.63, 3.8) is 0 Å². The molecule has 5 nitrogen and oxygen atoms in total. The van der Waals surface area contributed by atoms with E-state index in [1.165, 1.54) is 30.3 Å². The second-order valence-electron chi connectivity index (χ2n) is 6.22. The number of aromatic nitrogens is 2. The molecule has 1 saturated heterocycles. The normalized spacial score (nSPS) is 17.4. The predicted octanol–water partition coefficient (Wildman–Crippen LogP) is 3.58. The molecule has 0 aliphatic carbocycles. The van der Waals surface area contributed by atoms with Crippen LogP contribution in [-0.2, 0) is 4.79 Å². The second kappa shape index (κ2) is 8.29. The number of carbonyl (C=O) groups is 1. The zero-order chi connectivity index (χ0) is 17.6. The van der Waals surface area contributed by atoms with Crippen LogP contribution in [0.5, 0.6) is 0 Å². The van der Waals surface area contributed by atoms with E-state index in [0.29, 0.717) is 11.6 Å². The lowest BCUT2D eigenvalue weighted by molar-refractivity contribution is -0.113. The molecule has 1 unspecified atom stereocenters. The molecule has 2 aromatic rings. The molecule has 3 rings (SSSR count). The minimum atomic E-state index is -0.327. The van der Waals surface area contributed by atoms with Crippen molar-refractivity contribution < 1.29 is 9.18 Å². The van der Waals surface area contributed by atoms with Gasteiger partial charge in [0.2, 0.25) is 5.91 Å². The fourth-order valence-electron chi connectivity index (χ4n) is 2.88. The number of halogens is 1. The second-order valence-corrected chi connectivity index (χ2v) is 7.19. The first-order valence-electron chi connectivity index (χ1n) is 8.36. The maximum absolute atomic E-state index is 12.9. The summed E-state index contributed by atoms with van der Waals surface area (Å²) in [5, 5.41) is 3.53. The summed E-state index contributed by atoms with van der Waals surface area (Å²) < 4.78 is 12.9. The summed E-state index contributed by atoms with van der Waals surface area (Å²) in [5.74, 6) is 1.24. The van der Waals surface area contributed by atoms with Crippen LogP contribution >= 0.6 is 11.8 Å². The zero-order valence-electron chi connectivity index (χ0n) is 14.1. The Morgan fingerprint density at radius 3 is 2.84 bits per heavy atom. The lowest BCUT2D eigenvalue weighted by atomic mass is 10.0. The minimum absolute atomic E-state index is 0.153.